The van der Waals surface area contributed by atoms with E-state index in [-0.39, 0.29) is 23.6 Å². The molecule has 0 saturated carbocycles. The molecule has 0 aliphatic carbocycles. The van der Waals surface area contributed by atoms with Crippen molar-refractivity contribution >= 4 is 16.8 Å². The number of pyridine rings is 1. The first-order valence-electron chi connectivity index (χ1n) is 8.66. The molecule has 1 amide bonds. The smallest absolute Gasteiger partial charge is 0.255 e. The van der Waals surface area contributed by atoms with E-state index in [9.17, 15) is 13.6 Å². The summed E-state index contributed by atoms with van der Waals surface area (Å²) in [7, 11) is 0. The van der Waals surface area contributed by atoms with Gasteiger partial charge in [0.05, 0.1) is 17.1 Å². The quantitative estimate of drug-likeness (QED) is 0.664. The van der Waals surface area contributed by atoms with Gasteiger partial charge in [0.15, 0.2) is 0 Å². The maximum atomic E-state index is 13.6. The number of amides is 1. The third-order valence-electron chi connectivity index (χ3n) is 4.90. The second kappa shape index (κ2) is 6.48. The number of hydrogen-bond acceptors (Lipinski definition) is 2. The van der Waals surface area contributed by atoms with Crippen molar-refractivity contribution in [3.05, 3.63) is 77.0 Å². The van der Waals surface area contributed by atoms with E-state index >= 15 is 0 Å². The number of halogens is 2. The summed E-state index contributed by atoms with van der Waals surface area (Å²) in [5.74, 6) is -0.763. The Bertz CT molecular complexity index is 980. The third kappa shape index (κ3) is 2.94. The molecule has 0 N–H and O–H groups in total. The van der Waals surface area contributed by atoms with Gasteiger partial charge < -0.3 is 4.90 Å². The van der Waals surface area contributed by atoms with Crippen molar-refractivity contribution < 1.29 is 13.6 Å². The van der Waals surface area contributed by atoms with Crippen molar-refractivity contribution in [1.82, 2.24) is 9.88 Å². The van der Waals surface area contributed by atoms with Crippen molar-refractivity contribution in [3.63, 3.8) is 0 Å². The number of carbonyl (C=O) groups is 1. The molecule has 5 heteroatoms. The fourth-order valence-corrected chi connectivity index (χ4v) is 3.71. The van der Waals surface area contributed by atoms with Gasteiger partial charge in [-0.25, -0.2) is 8.78 Å². The van der Waals surface area contributed by atoms with Crippen LogP contribution in [0.2, 0.25) is 0 Å². The monoisotopic (exact) mass is 352 g/mol. The maximum absolute atomic E-state index is 13.6. The number of nitrogens with zero attached hydrogens (tertiary/aromatic N) is 2. The minimum atomic E-state index is -0.376. The number of hydrogen-bond donors (Lipinski definition) is 0. The molecule has 0 unspecified atom stereocenters. The van der Waals surface area contributed by atoms with E-state index in [0.717, 1.165) is 18.4 Å². The molecule has 2 aromatic carbocycles. The second-order valence-corrected chi connectivity index (χ2v) is 6.68. The lowest BCUT2D eigenvalue weighted by Crippen LogP contribution is -2.30. The highest BCUT2D eigenvalue weighted by atomic mass is 19.1. The Balaban J connectivity index is 1.75. The summed E-state index contributed by atoms with van der Waals surface area (Å²) in [4.78, 5) is 19.4. The molecule has 3 aromatic rings. The van der Waals surface area contributed by atoms with Crippen LogP contribution >= 0.6 is 0 Å². The molecule has 2 heterocycles. The van der Waals surface area contributed by atoms with Gasteiger partial charge in [-0.05, 0) is 55.7 Å². The first-order valence-corrected chi connectivity index (χ1v) is 8.66. The van der Waals surface area contributed by atoms with Crippen molar-refractivity contribution in [2.45, 2.75) is 25.8 Å². The zero-order valence-corrected chi connectivity index (χ0v) is 14.4. The fraction of sp³-hybridized carbons (Fsp3) is 0.238. The SMILES string of the molecule is Cc1cc(C(=O)N2CCC[C@H]2c2ccc(F)cc2)c2ccc(F)cc2n1. The molecule has 132 valence electrons. The van der Waals surface area contributed by atoms with Gasteiger partial charge >= 0.3 is 0 Å². The van der Waals surface area contributed by atoms with Gasteiger partial charge in [-0.3, -0.25) is 9.78 Å². The van der Waals surface area contributed by atoms with Crippen LogP contribution < -0.4 is 0 Å². The molecule has 3 nitrogen and oxygen atoms in total. The minimum absolute atomic E-state index is 0.0768. The Hall–Kier alpha value is -2.82. The molecule has 0 spiro atoms. The van der Waals surface area contributed by atoms with E-state index in [2.05, 4.69) is 4.98 Å². The summed E-state index contributed by atoms with van der Waals surface area (Å²) in [6.07, 6.45) is 1.73. The second-order valence-electron chi connectivity index (χ2n) is 6.68. The molecule has 26 heavy (non-hydrogen) atoms. The Kier molecular flexibility index (Phi) is 4.15. The molecule has 1 aliphatic rings. The van der Waals surface area contributed by atoms with E-state index in [1.807, 2.05) is 4.90 Å². The third-order valence-corrected chi connectivity index (χ3v) is 4.90. The maximum Gasteiger partial charge on any atom is 0.255 e. The van der Waals surface area contributed by atoms with Crippen molar-refractivity contribution in [2.75, 3.05) is 6.54 Å². The van der Waals surface area contributed by atoms with Crippen LogP contribution in [-0.2, 0) is 0 Å². The van der Waals surface area contributed by atoms with Crippen LogP contribution in [0.15, 0.2) is 48.5 Å². The van der Waals surface area contributed by atoms with E-state index in [4.69, 9.17) is 0 Å². The molecular weight excluding hydrogens is 334 g/mol. The molecular formula is C21H18F2N2O. The molecule has 4 rings (SSSR count). The predicted octanol–water partition coefficient (Wildman–Crippen LogP) is 4.80. The first-order chi connectivity index (χ1) is 12.5. The molecule has 1 fully saturated rings. The highest BCUT2D eigenvalue weighted by molar-refractivity contribution is 6.06. The Morgan fingerprint density at radius 1 is 1.08 bits per heavy atom. The van der Waals surface area contributed by atoms with Gasteiger partial charge in [0.2, 0.25) is 0 Å². The number of aryl methyl sites for hydroxylation is 1. The molecule has 0 radical (unpaired) electrons. The topological polar surface area (TPSA) is 33.2 Å². The van der Waals surface area contributed by atoms with E-state index in [0.29, 0.717) is 28.7 Å². The summed E-state index contributed by atoms with van der Waals surface area (Å²) in [5, 5.41) is 0.645. The Labute approximate surface area is 150 Å². The average Bonchev–Trinajstić information content (AvgIpc) is 3.10. The normalized spacial score (nSPS) is 17.0. The van der Waals surface area contributed by atoms with Crippen LogP contribution in [0.5, 0.6) is 0 Å². The fourth-order valence-electron chi connectivity index (χ4n) is 3.71. The first kappa shape index (κ1) is 16.6. The molecule has 0 bridgehead atoms. The van der Waals surface area contributed by atoms with Gasteiger partial charge in [0.25, 0.3) is 5.91 Å². The van der Waals surface area contributed by atoms with Crippen LogP contribution in [0, 0.1) is 18.6 Å². The summed E-state index contributed by atoms with van der Waals surface area (Å²) in [6.45, 7) is 2.44. The van der Waals surface area contributed by atoms with Crippen LogP contribution in [0.3, 0.4) is 0 Å². The highest BCUT2D eigenvalue weighted by Crippen LogP contribution is 2.34. The van der Waals surface area contributed by atoms with E-state index in [1.54, 1.807) is 31.2 Å². The lowest BCUT2D eigenvalue weighted by Gasteiger charge is -2.26. The van der Waals surface area contributed by atoms with Gasteiger partial charge in [-0.2, -0.15) is 0 Å². The Morgan fingerprint density at radius 2 is 1.81 bits per heavy atom. The lowest BCUT2D eigenvalue weighted by molar-refractivity contribution is 0.0737. The number of likely N-dealkylation sites (tertiary alicyclic amines) is 1. The molecule has 1 aliphatic heterocycles. The number of carbonyl (C=O) groups excluding carboxylic acids is 1. The standard InChI is InChI=1S/C21H18F2N2O/c1-13-11-18(17-9-8-16(23)12-19(17)24-13)21(26)25-10-2-3-20(25)14-4-6-15(22)7-5-14/h4-9,11-12,20H,2-3,10H2,1H3/t20-/m0/s1. The number of rotatable bonds is 2. The summed E-state index contributed by atoms with van der Waals surface area (Å²) >= 11 is 0. The summed E-state index contributed by atoms with van der Waals surface area (Å²) < 4.78 is 26.8. The minimum Gasteiger partial charge on any atom is -0.332 e. The van der Waals surface area contributed by atoms with Crippen LogP contribution in [-0.4, -0.2) is 22.3 Å². The van der Waals surface area contributed by atoms with Crippen molar-refractivity contribution in [1.29, 1.82) is 0 Å². The van der Waals surface area contributed by atoms with E-state index < -0.39 is 0 Å². The van der Waals surface area contributed by atoms with Crippen molar-refractivity contribution in [2.24, 2.45) is 0 Å². The lowest BCUT2D eigenvalue weighted by atomic mass is 10.0. The number of fused-ring (bicyclic) bond motifs is 1. The average molecular weight is 352 g/mol. The van der Waals surface area contributed by atoms with Crippen LogP contribution in [0.1, 0.15) is 40.5 Å². The van der Waals surface area contributed by atoms with E-state index in [1.165, 1.54) is 24.3 Å². The highest BCUT2D eigenvalue weighted by Gasteiger charge is 2.31. The van der Waals surface area contributed by atoms with Gasteiger partial charge in [0.1, 0.15) is 11.6 Å². The zero-order valence-electron chi connectivity index (χ0n) is 14.4. The zero-order chi connectivity index (χ0) is 18.3. The molecule has 1 saturated heterocycles. The largest absolute Gasteiger partial charge is 0.332 e. The van der Waals surface area contributed by atoms with Crippen molar-refractivity contribution in [3.8, 4) is 0 Å². The molecule has 1 atom stereocenters. The molecule has 1 aromatic heterocycles. The van der Waals surface area contributed by atoms with Gasteiger partial charge in [-0.1, -0.05) is 12.1 Å². The predicted molar refractivity (Wildman–Crippen MR) is 95.8 cm³/mol. The number of benzene rings is 2. The summed E-state index contributed by atoms with van der Waals surface area (Å²) in [6, 6.07) is 12.3. The van der Waals surface area contributed by atoms with Crippen LogP contribution in [0.4, 0.5) is 8.78 Å². The Morgan fingerprint density at radius 3 is 2.58 bits per heavy atom. The summed E-state index contributed by atoms with van der Waals surface area (Å²) in [5.41, 5.74) is 2.61. The number of aromatic nitrogens is 1. The van der Waals surface area contributed by atoms with Crippen LogP contribution in [0.25, 0.3) is 10.9 Å². The van der Waals surface area contributed by atoms with Gasteiger partial charge in [0, 0.05) is 23.7 Å². The van der Waals surface area contributed by atoms with Gasteiger partial charge in [-0.15, -0.1) is 0 Å².